The maximum atomic E-state index is 11.5. The highest BCUT2D eigenvalue weighted by molar-refractivity contribution is 5.94. The number of benzene rings is 2. The molecule has 0 radical (unpaired) electrons. The summed E-state index contributed by atoms with van der Waals surface area (Å²) >= 11 is 0. The molecular weight excluding hydrogens is 400 g/mol. The van der Waals surface area contributed by atoms with Crippen molar-refractivity contribution in [2.45, 2.75) is 51.4 Å². The second kappa shape index (κ2) is 7.24. The zero-order chi connectivity index (χ0) is 22.7. The number of aromatic carboxylic acids is 2. The average molecular weight is 429 g/mol. The number of rotatable bonds is 3. The largest absolute Gasteiger partial charge is 0.478 e. The molecule has 2 aromatic carbocycles. The van der Waals surface area contributed by atoms with Gasteiger partial charge in [0.2, 0.25) is 0 Å². The van der Waals surface area contributed by atoms with E-state index in [1.165, 1.54) is 55.9 Å². The molecule has 2 N–H and O–H groups in total. The van der Waals surface area contributed by atoms with Crippen LogP contribution in [0, 0.1) is 35.0 Å². The van der Waals surface area contributed by atoms with Crippen LogP contribution in [0.15, 0.2) is 42.5 Å². The minimum atomic E-state index is -1.12. The summed E-state index contributed by atoms with van der Waals surface area (Å²) in [5.41, 5.74) is 2.98. The van der Waals surface area contributed by atoms with Crippen LogP contribution in [-0.2, 0) is 5.41 Å². The van der Waals surface area contributed by atoms with E-state index in [0.29, 0.717) is 5.41 Å². The molecule has 2 unspecified atom stereocenters. The summed E-state index contributed by atoms with van der Waals surface area (Å²) in [4.78, 5) is 22.8. The van der Waals surface area contributed by atoms with Crippen molar-refractivity contribution in [1.82, 2.24) is 0 Å². The van der Waals surface area contributed by atoms with E-state index in [4.69, 9.17) is 0 Å². The highest BCUT2D eigenvalue weighted by Gasteiger charge is 2.61. The molecule has 4 nitrogen and oxygen atoms in total. The predicted molar refractivity (Wildman–Crippen MR) is 122 cm³/mol. The van der Waals surface area contributed by atoms with Crippen LogP contribution in [0.3, 0.4) is 0 Å². The first-order valence-electron chi connectivity index (χ1n) is 11.4. The number of carbonyl (C=O) groups is 2. The first-order chi connectivity index (χ1) is 15.2. The monoisotopic (exact) mass is 428 g/mol. The molecule has 4 aliphatic rings. The Labute approximate surface area is 188 Å². The molecule has 4 heteroatoms. The average Bonchev–Trinajstić information content (AvgIpc) is 2.75. The number of hydrogen-bond donors (Lipinski definition) is 2. The Morgan fingerprint density at radius 2 is 1.53 bits per heavy atom. The fraction of sp³-hybridized carbons (Fsp3) is 0.429. The van der Waals surface area contributed by atoms with Gasteiger partial charge in [0.25, 0.3) is 0 Å². The van der Waals surface area contributed by atoms with E-state index in [9.17, 15) is 19.8 Å². The van der Waals surface area contributed by atoms with Crippen LogP contribution < -0.4 is 0 Å². The Balaban J connectivity index is 1.47. The fourth-order valence-electron chi connectivity index (χ4n) is 7.06. The molecule has 4 saturated carbocycles. The van der Waals surface area contributed by atoms with E-state index in [2.05, 4.69) is 37.8 Å². The minimum Gasteiger partial charge on any atom is -0.478 e. The van der Waals surface area contributed by atoms with Gasteiger partial charge in [-0.1, -0.05) is 37.8 Å². The molecule has 0 amide bonds. The lowest BCUT2D eigenvalue weighted by Gasteiger charge is -2.66. The summed E-state index contributed by atoms with van der Waals surface area (Å²) in [5, 5.41) is 18.6. The molecule has 2 atom stereocenters. The zero-order valence-electron chi connectivity index (χ0n) is 18.5. The second-order valence-corrected chi connectivity index (χ2v) is 10.5. The molecule has 6 rings (SSSR count). The van der Waals surface area contributed by atoms with Gasteiger partial charge in [-0.2, -0.15) is 0 Å². The first-order valence-corrected chi connectivity index (χ1v) is 11.4. The van der Waals surface area contributed by atoms with Gasteiger partial charge in [-0.25, -0.2) is 9.59 Å². The number of carboxylic acid groups (broad SMARTS) is 2. The van der Waals surface area contributed by atoms with Gasteiger partial charge in [-0.05, 0) is 91.2 Å². The Hall–Kier alpha value is -3.06. The van der Waals surface area contributed by atoms with Gasteiger partial charge < -0.3 is 10.2 Å². The van der Waals surface area contributed by atoms with Gasteiger partial charge >= 0.3 is 11.9 Å². The van der Waals surface area contributed by atoms with Crippen molar-refractivity contribution in [2.24, 2.45) is 23.2 Å². The maximum Gasteiger partial charge on any atom is 0.336 e. The molecule has 2 aromatic rings. The standard InChI is InChI=1S/C28H28O4/c1-27(2)23-12-18-11-19(13-23)16-28(27,15-18)22-8-4-17(5-9-22)3-6-20-14-21(25(29)30)7-10-24(20)26(31)32/h4-5,7-10,14,18-19,23H,11-13,15-16H2,1-2H3,(H,29,30)(H,31,32). The lowest BCUT2D eigenvalue weighted by molar-refractivity contribution is -0.113. The van der Waals surface area contributed by atoms with Crippen molar-refractivity contribution in [1.29, 1.82) is 0 Å². The third-order valence-corrected chi connectivity index (χ3v) is 8.71. The van der Waals surface area contributed by atoms with E-state index < -0.39 is 11.9 Å². The molecule has 4 fully saturated rings. The predicted octanol–water partition coefficient (Wildman–Crippen LogP) is 5.59. The summed E-state index contributed by atoms with van der Waals surface area (Å²) in [6.45, 7) is 4.93. The molecule has 0 aromatic heterocycles. The Bertz CT molecular complexity index is 1150. The van der Waals surface area contributed by atoms with Crippen LogP contribution in [0.5, 0.6) is 0 Å². The number of hydrogen-bond acceptors (Lipinski definition) is 2. The molecular formula is C28H28O4. The third kappa shape index (κ3) is 3.14. The third-order valence-electron chi connectivity index (χ3n) is 8.71. The Kier molecular flexibility index (Phi) is 4.71. The zero-order valence-corrected chi connectivity index (χ0v) is 18.5. The van der Waals surface area contributed by atoms with E-state index in [0.717, 1.165) is 23.3 Å². The van der Waals surface area contributed by atoms with Crippen molar-refractivity contribution in [3.8, 4) is 11.8 Å². The van der Waals surface area contributed by atoms with E-state index >= 15 is 0 Å². The molecule has 0 heterocycles. The van der Waals surface area contributed by atoms with Crippen LogP contribution in [0.2, 0.25) is 0 Å². The van der Waals surface area contributed by atoms with Crippen molar-refractivity contribution in [2.75, 3.05) is 0 Å². The van der Waals surface area contributed by atoms with E-state index in [-0.39, 0.29) is 22.1 Å². The molecule has 0 saturated heterocycles. The normalized spacial score (nSPS) is 29.2. The van der Waals surface area contributed by atoms with Crippen LogP contribution in [0.4, 0.5) is 0 Å². The molecule has 4 aliphatic carbocycles. The molecule has 4 bridgehead atoms. The molecule has 0 spiro atoms. The highest BCUT2D eigenvalue weighted by atomic mass is 16.4. The SMILES string of the molecule is CC1(C)C2CC3CC(C2)CC1(c1ccc(C#Cc2cc(C(=O)O)ccc2C(=O)O)cc1)C3. The lowest BCUT2D eigenvalue weighted by atomic mass is 9.38. The van der Waals surface area contributed by atoms with Crippen LogP contribution in [0.25, 0.3) is 0 Å². The van der Waals surface area contributed by atoms with Crippen molar-refractivity contribution < 1.29 is 19.8 Å². The summed E-state index contributed by atoms with van der Waals surface area (Å²) in [6, 6.07) is 12.4. The van der Waals surface area contributed by atoms with Crippen molar-refractivity contribution in [3.63, 3.8) is 0 Å². The number of carboxylic acids is 2. The molecule has 0 aliphatic heterocycles. The van der Waals surface area contributed by atoms with Crippen LogP contribution in [-0.4, -0.2) is 22.2 Å². The van der Waals surface area contributed by atoms with Gasteiger partial charge in [0.15, 0.2) is 0 Å². The van der Waals surface area contributed by atoms with Crippen molar-refractivity contribution in [3.05, 3.63) is 70.3 Å². The van der Waals surface area contributed by atoms with E-state index in [1.54, 1.807) is 0 Å². The van der Waals surface area contributed by atoms with E-state index in [1.807, 2.05) is 12.1 Å². The van der Waals surface area contributed by atoms with Crippen molar-refractivity contribution >= 4 is 11.9 Å². The first kappa shape index (κ1) is 20.8. The van der Waals surface area contributed by atoms with Gasteiger partial charge in [0, 0.05) is 16.5 Å². The topological polar surface area (TPSA) is 74.6 Å². The van der Waals surface area contributed by atoms with Crippen LogP contribution in [0.1, 0.15) is 83.4 Å². The quantitative estimate of drug-likeness (QED) is 0.625. The second-order valence-electron chi connectivity index (χ2n) is 10.5. The minimum absolute atomic E-state index is 0.00874. The van der Waals surface area contributed by atoms with Crippen LogP contribution >= 0.6 is 0 Å². The summed E-state index contributed by atoms with van der Waals surface area (Å²) in [6.07, 6.45) is 6.73. The van der Waals surface area contributed by atoms with Gasteiger partial charge in [-0.3, -0.25) is 0 Å². The highest BCUT2D eigenvalue weighted by Crippen LogP contribution is 2.68. The molecule has 164 valence electrons. The van der Waals surface area contributed by atoms with Gasteiger partial charge in [0.1, 0.15) is 0 Å². The lowest BCUT2D eigenvalue weighted by Crippen LogP contribution is -2.59. The Morgan fingerprint density at radius 3 is 2.12 bits per heavy atom. The summed E-state index contributed by atoms with van der Waals surface area (Å²) in [7, 11) is 0. The van der Waals surface area contributed by atoms with Gasteiger partial charge in [0.05, 0.1) is 11.1 Å². The smallest absolute Gasteiger partial charge is 0.336 e. The maximum absolute atomic E-state index is 11.5. The summed E-state index contributed by atoms with van der Waals surface area (Å²) < 4.78 is 0. The fourth-order valence-corrected chi connectivity index (χ4v) is 7.06. The molecule has 32 heavy (non-hydrogen) atoms. The Morgan fingerprint density at radius 1 is 0.875 bits per heavy atom. The summed E-state index contributed by atoms with van der Waals surface area (Å²) in [5.74, 6) is 6.22. The van der Waals surface area contributed by atoms with Gasteiger partial charge in [-0.15, -0.1) is 0 Å².